The van der Waals surface area contributed by atoms with E-state index in [0.717, 1.165) is 0 Å². The molecule has 1 heteroatoms. The molecule has 0 saturated carbocycles. The van der Waals surface area contributed by atoms with Crippen LogP contribution < -0.4 is 0 Å². The minimum Gasteiger partial charge on any atom is -0.0642 e. The SMILES string of the molecule is CC1=Cc2c(C)ccc(C)c2[CH]1.[Hf]. The van der Waals surface area contributed by atoms with Crippen molar-refractivity contribution in [3.05, 3.63) is 46.4 Å². The van der Waals surface area contributed by atoms with Gasteiger partial charge in [0.2, 0.25) is 0 Å². The molecule has 0 unspecified atom stereocenters. The summed E-state index contributed by atoms with van der Waals surface area (Å²) in [5.74, 6) is 0. The van der Waals surface area contributed by atoms with Gasteiger partial charge in [-0.15, -0.1) is 0 Å². The second kappa shape index (κ2) is 3.91. The first-order valence-electron chi connectivity index (χ1n) is 4.32. The third-order valence-corrected chi connectivity index (χ3v) is 2.47. The molecule has 0 aromatic heterocycles. The summed E-state index contributed by atoms with van der Waals surface area (Å²) in [6.45, 7) is 6.49. The van der Waals surface area contributed by atoms with Crippen LogP contribution in [0.4, 0.5) is 0 Å². The van der Waals surface area contributed by atoms with E-state index in [2.05, 4.69) is 45.4 Å². The minimum atomic E-state index is 0. The van der Waals surface area contributed by atoms with Crippen LogP contribution in [0.5, 0.6) is 0 Å². The summed E-state index contributed by atoms with van der Waals surface area (Å²) >= 11 is 0. The predicted molar refractivity (Wildman–Crippen MR) is 53.0 cm³/mol. The Kier molecular flexibility index (Phi) is 3.28. The van der Waals surface area contributed by atoms with Gasteiger partial charge in [0.25, 0.3) is 0 Å². The number of allylic oxidation sites excluding steroid dienone is 1. The molecule has 1 aromatic rings. The third kappa shape index (κ3) is 1.85. The van der Waals surface area contributed by atoms with Crippen molar-refractivity contribution in [1.29, 1.82) is 0 Å². The van der Waals surface area contributed by atoms with Gasteiger partial charge in [0.05, 0.1) is 0 Å². The van der Waals surface area contributed by atoms with Crippen molar-refractivity contribution in [2.45, 2.75) is 20.8 Å². The molecule has 1 aromatic carbocycles. The fraction of sp³-hybridized carbons (Fsp3) is 0.250. The van der Waals surface area contributed by atoms with Crippen LogP contribution >= 0.6 is 0 Å². The first-order chi connectivity index (χ1) is 5.68. The minimum absolute atomic E-state index is 0. The second-order valence-electron chi connectivity index (χ2n) is 3.56. The summed E-state index contributed by atoms with van der Waals surface area (Å²) in [6.07, 6.45) is 4.52. The molecule has 1 radical (unpaired) electrons. The van der Waals surface area contributed by atoms with Gasteiger partial charge in [-0.25, -0.2) is 0 Å². The van der Waals surface area contributed by atoms with E-state index in [9.17, 15) is 0 Å². The molecule has 2 rings (SSSR count). The Labute approximate surface area is 98.8 Å². The zero-order valence-electron chi connectivity index (χ0n) is 8.31. The van der Waals surface area contributed by atoms with Gasteiger partial charge in [-0.05, 0) is 43.0 Å². The molecule has 65 valence electrons. The Balaban J connectivity index is 0.000000845. The van der Waals surface area contributed by atoms with Crippen LogP contribution in [-0.2, 0) is 25.8 Å². The van der Waals surface area contributed by atoms with Gasteiger partial charge < -0.3 is 0 Å². The van der Waals surface area contributed by atoms with Gasteiger partial charge in [0.1, 0.15) is 0 Å². The number of rotatable bonds is 0. The van der Waals surface area contributed by atoms with E-state index in [0.29, 0.717) is 0 Å². The van der Waals surface area contributed by atoms with Gasteiger partial charge in [0.15, 0.2) is 0 Å². The van der Waals surface area contributed by atoms with Gasteiger partial charge in [-0.2, -0.15) is 0 Å². The summed E-state index contributed by atoms with van der Waals surface area (Å²) in [6, 6.07) is 4.38. The zero-order valence-corrected chi connectivity index (χ0v) is 11.9. The summed E-state index contributed by atoms with van der Waals surface area (Å²) in [5.41, 5.74) is 6.94. The number of benzene rings is 1. The quantitative estimate of drug-likeness (QED) is 0.638. The van der Waals surface area contributed by atoms with Crippen LogP contribution in [0.25, 0.3) is 6.08 Å². The van der Waals surface area contributed by atoms with Gasteiger partial charge in [0, 0.05) is 32.3 Å². The Morgan fingerprint density at radius 2 is 1.38 bits per heavy atom. The fourth-order valence-corrected chi connectivity index (χ4v) is 1.73. The van der Waals surface area contributed by atoms with E-state index in [-0.39, 0.29) is 25.8 Å². The second-order valence-corrected chi connectivity index (χ2v) is 3.56. The molecule has 13 heavy (non-hydrogen) atoms. The molecule has 0 N–H and O–H groups in total. The Morgan fingerprint density at radius 1 is 0.846 bits per heavy atom. The smallest absolute Gasteiger partial charge is 0.0164 e. The van der Waals surface area contributed by atoms with Crippen molar-refractivity contribution in [3.63, 3.8) is 0 Å². The molecule has 1 aliphatic carbocycles. The molecular formula is C12H13Hf. The van der Waals surface area contributed by atoms with E-state index in [4.69, 9.17) is 0 Å². The van der Waals surface area contributed by atoms with Crippen LogP contribution in [0.3, 0.4) is 0 Å². The molecule has 0 atom stereocenters. The molecule has 0 bridgehead atoms. The van der Waals surface area contributed by atoms with Gasteiger partial charge in [-0.3, -0.25) is 0 Å². The van der Waals surface area contributed by atoms with Crippen molar-refractivity contribution in [2.75, 3.05) is 0 Å². The molecule has 1 aliphatic rings. The van der Waals surface area contributed by atoms with Crippen molar-refractivity contribution in [3.8, 4) is 0 Å². The van der Waals surface area contributed by atoms with Crippen LogP contribution in [0, 0.1) is 20.3 Å². The van der Waals surface area contributed by atoms with Crippen LogP contribution in [-0.4, -0.2) is 0 Å². The van der Waals surface area contributed by atoms with E-state index in [1.807, 2.05) is 0 Å². The first kappa shape index (κ1) is 10.9. The number of hydrogen-bond acceptors (Lipinski definition) is 0. The molecule has 0 fully saturated rings. The Morgan fingerprint density at radius 3 is 1.92 bits per heavy atom. The van der Waals surface area contributed by atoms with Crippen molar-refractivity contribution in [2.24, 2.45) is 0 Å². The monoisotopic (exact) mass is 337 g/mol. The molecule has 0 saturated heterocycles. The Bertz CT molecular complexity index is 362. The summed E-state index contributed by atoms with van der Waals surface area (Å²) in [4.78, 5) is 0. The van der Waals surface area contributed by atoms with E-state index >= 15 is 0 Å². The average molecular weight is 336 g/mol. The van der Waals surface area contributed by atoms with Crippen molar-refractivity contribution < 1.29 is 25.8 Å². The summed E-state index contributed by atoms with van der Waals surface area (Å²) in [5, 5.41) is 0. The summed E-state index contributed by atoms with van der Waals surface area (Å²) in [7, 11) is 0. The van der Waals surface area contributed by atoms with E-state index < -0.39 is 0 Å². The first-order valence-corrected chi connectivity index (χ1v) is 4.32. The molecule has 0 heterocycles. The fourth-order valence-electron chi connectivity index (χ4n) is 1.73. The molecule has 0 spiro atoms. The number of hydrogen-bond donors (Lipinski definition) is 0. The van der Waals surface area contributed by atoms with E-state index in [1.54, 1.807) is 0 Å². The number of aryl methyl sites for hydroxylation is 2. The van der Waals surface area contributed by atoms with Crippen molar-refractivity contribution in [1.82, 2.24) is 0 Å². The molecular weight excluding hydrogens is 323 g/mol. The van der Waals surface area contributed by atoms with Gasteiger partial charge in [-0.1, -0.05) is 23.8 Å². The maximum Gasteiger partial charge on any atom is 0.0164 e. The topological polar surface area (TPSA) is 0 Å². The maximum absolute atomic E-state index is 2.26. The third-order valence-electron chi connectivity index (χ3n) is 2.47. The van der Waals surface area contributed by atoms with Crippen LogP contribution in [0.2, 0.25) is 0 Å². The van der Waals surface area contributed by atoms with Crippen molar-refractivity contribution >= 4 is 6.08 Å². The average Bonchev–Trinajstić information content (AvgIpc) is 2.41. The largest absolute Gasteiger partial charge is 0.0642 e. The number of fused-ring (bicyclic) bond motifs is 1. The Hall–Kier alpha value is -0.170. The summed E-state index contributed by atoms with van der Waals surface area (Å²) < 4.78 is 0. The van der Waals surface area contributed by atoms with E-state index in [1.165, 1.54) is 27.8 Å². The van der Waals surface area contributed by atoms with Crippen LogP contribution in [0.1, 0.15) is 29.2 Å². The molecule has 0 amide bonds. The van der Waals surface area contributed by atoms with Gasteiger partial charge >= 0.3 is 0 Å². The van der Waals surface area contributed by atoms with Crippen LogP contribution in [0.15, 0.2) is 17.7 Å². The standard InChI is InChI=1S/C12H13.Hf/c1-8-6-11-9(2)4-5-10(3)12(11)7-8;/h4-7H,1-3H3;. The maximum atomic E-state index is 2.26. The zero-order chi connectivity index (χ0) is 8.72. The molecule has 0 aliphatic heterocycles. The normalized spacial score (nSPS) is 13.3. The predicted octanol–water partition coefficient (Wildman–Crippen LogP) is 3.27. The molecule has 0 nitrogen and oxygen atoms in total.